The van der Waals surface area contributed by atoms with Crippen molar-refractivity contribution >= 4 is 16.6 Å². The fourth-order valence-corrected chi connectivity index (χ4v) is 2.95. The first-order valence-corrected chi connectivity index (χ1v) is 7.45. The van der Waals surface area contributed by atoms with Crippen LogP contribution in [-0.2, 0) is 6.54 Å². The van der Waals surface area contributed by atoms with Crippen molar-refractivity contribution in [2.45, 2.75) is 13.5 Å². The maximum Gasteiger partial charge on any atom is 0.222 e. The first-order chi connectivity index (χ1) is 11.6. The van der Waals surface area contributed by atoms with Gasteiger partial charge in [-0.25, -0.2) is 0 Å². The summed E-state index contributed by atoms with van der Waals surface area (Å²) in [6, 6.07) is 11.2. The van der Waals surface area contributed by atoms with E-state index in [4.69, 9.17) is 9.47 Å². The lowest BCUT2D eigenvalue weighted by molar-refractivity contribution is 0.354. The van der Waals surface area contributed by atoms with E-state index in [-0.39, 0.29) is 11.6 Å². The van der Waals surface area contributed by atoms with Crippen LogP contribution in [0.1, 0.15) is 11.1 Å². The van der Waals surface area contributed by atoms with Crippen LogP contribution in [0.3, 0.4) is 0 Å². The number of nitrogens with zero attached hydrogens (tertiary/aromatic N) is 2. The van der Waals surface area contributed by atoms with Crippen molar-refractivity contribution in [1.82, 2.24) is 4.57 Å². The van der Waals surface area contributed by atoms with Gasteiger partial charge in [0.25, 0.3) is 0 Å². The van der Waals surface area contributed by atoms with Gasteiger partial charge in [-0.15, -0.1) is 4.91 Å². The van der Waals surface area contributed by atoms with Crippen LogP contribution in [0.5, 0.6) is 17.4 Å². The van der Waals surface area contributed by atoms with Gasteiger partial charge in [0.2, 0.25) is 5.88 Å². The number of methoxy groups -OCH3 is 2. The van der Waals surface area contributed by atoms with E-state index >= 15 is 0 Å². The van der Waals surface area contributed by atoms with Crippen LogP contribution in [0.15, 0.2) is 41.6 Å². The maximum absolute atomic E-state index is 11.2. The van der Waals surface area contributed by atoms with Gasteiger partial charge in [0.05, 0.1) is 26.3 Å². The van der Waals surface area contributed by atoms with E-state index in [1.54, 1.807) is 24.9 Å². The molecule has 0 bridgehead atoms. The third-order valence-corrected chi connectivity index (χ3v) is 4.13. The second-order valence-corrected chi connectivity index (χ2v) is 5.51. The zero-order valence-electron chi connectivity index (χ0n) is 13.7. The van der Waals surface area contributed by atoms with Crippen LogP contribution in [0, 0.1) is 11.8 Å². The molecule has 0 aliphatic heterocycles. The molecule has 2 aromatic carbocycles. The number of aromatic hydroxyl groups is 1. The van der Waals surface area contributed by atoms with Gasteiger partial charge < -0.3 is 19.1 Å². The number of hydrogen-bond donors (Lipinski definition) is 1. The molecule has 1 aromatic heterocycles. The van der Waals surface area contributed by atoms with Crippen molar-refractivity contribution in [2.75, 3.05) is 14.2 Å². The minimum absolute atomic E-state index is 0.0728. The maximum atomic E-state index is 11.2. The summed E-state index contributed by atoms with van der Waals surface area (Å²) < 4.78 is 12.2. The zero-order valence-corrected chi connectivity index (χ0v) is 13.7. The molecule has 1 N–H and O–H groups in total. The summed E-state index contributed by atoms with van der Waals surface area (Å²) in [4.78, 5) is 11.2. The summed E-state index contributed by atoms with van der Waals surface area (Å²) in [7, 11) is 3.15. The fourth-order valence-electron chi connectivity index (χ4n) is 2.95. The van der Waals surface area contributed by atoms with Crippen LogP contribution in [0.4, 0.5) is 5.69 Å². The molecule has 0 saturated heterocycles. The van der Waals surface area contributed by atoms with Crippen molar-refractivity contribution in [3.8, 4) is 17.4 Å². The summed E-state index contributed by atoms with van der Waals surface area (Å²) in [5.41, 5.74) is 2.63. The smallest absolute Gasteiger partial charge is 0.222 e. The molecule has 0 radical (unpaired) electrons. The van der Waals surface area contributed by atoms with Crippen LogP contribution in [-0.4, -0.2) is 23.9 Å². The Bertz CT molecular complexity index is 915. The van der Waals surface area contributed by atoms with E-state index < -0.39 is 0 Å². The average Bonchev–Trinajstić information content (AvgIpc) is 2.87. The SMILES string of the molecule is COc1ccc(Cn2c(O)c(N=O)c3c(C)cccc32)cc1OC. The molecule has 0 unspecified atom stereocenters. The van der Waals surface area contributed by atoms with E-state index in [0.29, 0.717) is 23.4 Å². The Morgan fingerprint density at radius 2 is 1.88 bits per heavy atom. The monoisotopic (exact) mass is 326 g/mol. The van der Waals surface area contributed by atoms with Gasteiger partial charge in [0.1, 0.15) is 0 Å². The quantitative estimate of drug-likeness (QED) is 0.716. The topological polar surface area (TPSA) is 73.0 Å². The fraction of sp³-hybridized carbons (Fsp3) is 0.222. The number of hydrogen-bond acceptors (Lipinski definition) is 5. The number of nitroso groups, excluding NO2 is 1. The Hall–Kier alpha value is -3.02. The number of fused-ring (bicyclic) bond motifs is 1. The second kappa shape index (κ2) is 6.23. The first kappa shape index (κ1) is 15.9. The second-order valence-electron chi connectivity index (χ2n) is 5.51. The Labute approximate surface area is 139 Å². The van der Waals surface area contributed by atoms with E-state index in [1.807, 2.05) is 37.3 Å². The van der Waals surface area contributed by atoms with Crippen LogP contribution in [0.2, 0.25) is 0 Å². The molecular weight excluding hydrogens is 308 g/mol. The minimum atomic E-state index is -0.135. The standard InChI is InChI=1S/C18H18N2O4/c1-11-5-4-6-13-16(11)17(19-22)18(21)20(13)10-12-7-8-14(23-2)15(9-12)24-3/h4-9,21H,10H2,1-3H3. The van der Waals surface area contributed by atoms with Crippen LogP contribution < -0.4 is 9.47 Å². The number of rotatable bonds is 5. The van der Waals surface area contributed by atoms with Gasteiger partial charge in [-0.3, -0.25) is 0 Å². The van der Waals surface area contributed by atoms with Crippen molar-refractivity contribution in [3.05, 3.63) is 52.4 Å². The van der Waals surface area contributed by atoms with Crippen LogP contribution in [0.25, 0.3) is 10.9 Å². The van der Waals surface area contributed by atoms with Crippen molar-refractivity contribution in [1.29, 1.82) is 0 Å². The molecule has 0 atom stereocenters. The molecule has 3 rings (SSSR count). The third kappa shape index (κ3) is 2.46. The molecule has 0 saturated carbocycles. The zero-order chi connectivity index (χ0) is 17.3. The number of aryl methyl sites for hydroxylation is 1. The van der Waals surface area contributed by atoms with Crippen LogP contribution >= 0.6 is 0 Å². The summed E-state index contributed by atoms with van der Waals surface area (Å²) in [6.07, 6.45) is 0. The highest BCUT2D eigenvalue weighted by Crippen LogP contribution is 2.40. The molecule has 0 aliphatic carbocycles. The predicted molar refractivity (Wildman–Crippen MR) is 92.4 cm³/mol. The number of ether oxygens (including phenoxy) is 2. The van der Waals surface area contributed by atoms with Crippen molar-refractivity contribution in [3.63, 3.8) is 0 Å². The summed E-state index contributed by atoms with van der Waals surface area (Å²) in [5.74, 6) is 1.11. The van der Waals surface area contributed by atoms with E-state index in [0.717, 1.165) is 16.6 Å². The number of benzene rings is 2. The molecule has 24 heavy (non-hydrogen) atoms. The van der Waals surface area contributed by atoms with E-state index in [1.165, 1.54) is 0 Å². The van der Waals surface area contributed by atoms with Gasteiger partial charge in [-0.1, -0.05) is 18.2 Å². The van der Waals surface area contributed by atoms with Gasteiger partial charge in [-0.2, -0.15) is 0 Å². The number of aromatic nitrogens is 1. The van der Waals surface area contributed by atoms with Gasteiger partial charge in [0.15, 0.2) is 17.2 Å². The Kier molecular flexibility index (Phi) is 4.12. The van der Waals surface area contributed by atoms with Gasteiger partial charge in [0, 0.05) is 5.39 Å². The highest BCUT2D eigenvalue weighted by atomic mass is 16.5. The molecule has 6 heteroatoms. The lowest BCUT2D eigenvalue weighted by Crippen LogP contribution is -2.00. The Morgan fingerprint density at radius 3 is 2.54 bits per heavy atom. The predicted octanol–water partition coefficient (Wildman–Crippen LogP) is 4.12. The minimum Gasteiger partial charge on any atom is -0.493 e. The summed E-state index contributed by atoms with van der Waals surface area (Å²) in [6.45, 7) is 2.26. The molecule has 0 amide bonds. The molecule has 6 nitrogen and oxygen atoms in total. The van der Waals surface area contributed by atoms with Gasteiger partial charge in [-0.05, 0) is 41.4 Å². The largest absolute Gasteiger partial charge is 0.493 e. The lowest BCUT2D eigenvalue weighted by atomic mass is 10.1. The highest BCUT2D eigenvalue weighted by molar-refractivity contribution is 5.97. The third-order valence-electron chi connectivity index (χ3n) is 4.13. The average molecular weight is 326 g/mol. The summed E-state index contributed by atoms with van der Waals surface area (Å²) in [5, 5.41) is 14.1. The summed E-state index contributed by atoms with van der Waals surface area (Å²) >= 11 is 0. The normalized spacial score (nSPS) is 10.8. The molecule has 3 aromatic rings. The van der Waals surface area contributed by atoms with Crippen molar-refractivity contribution in [2.24, 2.45) is 5.18 Å². The Balaban J connectivity index is 2.13. The first-order valence-electron chi connectivity index (χ1n) is 7.45. The van der Waals surface area contributed by atoms with E-state index in [2.05, 4.69) is 5.18 Å². The molecule has 0 aliphatic rings. The molecule has 1 heterocycles. The molecule has 0 spiro atoms. The molecule has 124 valence electrons. The highest BCUT2D eigenvalue weighted by Gasteiger charge is 2.19. The lowest BCUT2D eigenvalue weighted by Gasteiger charge is -2.11. The Morgan fingerprint density at radius 1 is 1.12 bits per heavy atom. The molecule has 0 fully saturated rings. The van der Waals surface area contributed by atoms with Gasteiger partial charge >= 0.3 is 0 Å². The van der Waals surface area contributed by atoms with E-state index in [9.17, 15) is 10.0 Å². The molecular formula is C18H18N2O4. The van der Waals surface area contributed by atoms with Crippen molar-refractivity contribution < 1.29 is 14.6 Å².